The predicted octanol–water partition coefficient (Wildman–Crippen LogP) is 5.31. The molecule has 0 heteroatoms. The van der Waals surface area contributed by atoms with Crippen molar-refractivity contribution in [1.29, 1.82) is 0 Å². The lowest BCUT2D eigenvalue weighted by Crippen LogP contribution is -2.20. The molecule has 0 nitrogen and oxygen atoms in total. The smallest absolute Gasteiger partial charge is 0.0101 e. The van der Waals surface area contributed by atoms with Crippen LogP contribution in [0.1, 0.15) is 66.0 Å². The van der Waals surface area contributed by atoms with Crippen LogP contribution < -0.4 is 0 Å². The van der Waals surface area contributed by atoms with Gasteiger partial charge in [-0.2, -0.15) is 0 Å². The topological polar surface area (TPSA) is 0 Å². The van der Waals surface area contributed by atoms with Crippen LogP contribution >= 0.6 is 0 Å². The molecule has 1 aromatic rings. The minimum absolute atomic E-state index is 0.251. The van der Waals surface area contributed by atoms with Crippen molar-refractivity contribution in [3.8, 4) is 0 Å². The Kier molecular flexibility index (Phi) is 4.06. The minimum atomic E-state index is 0.251. The molecule has 0 radical (unpaired) electrons. The van der Waals surface area contributed by atoms with Gasteiger partial charge in [0.05, 0.1) is 0 Å². The van der Waals surface area contributed by atoms with Gasteiger partial charge in [-0.05, 0) is 34.3 Å². The van der Waals surface area contributed by atoms with Gasteiger partial charge < -0.3 is 0 Å². The Hall–Kier alpha value is -0.780. The molecule has 0 amide bonds. The first-order valence-electron chi connectivity index (χ1n) is 6.74. The first-order valence-corrected chi connectivity index (χ1v) is 6.74. The average molecular weight is 232 g/mol. The highest BCUT2D eigenvalue weighted by molar-refractivity contribution is 5.31. The van der Waals surface area contributed by atoms with E-state index in [0.717, 1.165) is 5.92 Å². The van der Waals surface area contributed by atoms with Crippen LogP contribution in [0.5, 0.6) is 0 Å². The third kappa shape index (κ3) is 3.87. The normalized spacial score (nSPS) is 13.2. The van der Waals surface area contributed by atoms with E-state index in [1.54, 1.807) is 0 Å². The van der Waals surface area contributed by atoms with Crippen molar-refractivity contribution in [2.45, 2.75) is 65.7 Å². The lowest BCUT2D eigenvalue weighted by atomic mass is 9.76. The monoisotopic (exact) mass is 232 g/mol. The van der Waals surface area contributed by atoms with Gasteiger partial charge in [0.2, 0.25) is 0 Å². The zero-order valence-corrected chi connectivity index (χ0v) is 12.6. The first kappa shape index (κ1) is 14.3. The summed E-state index contributed by atoms with van der Waals surface area (Å²) in [5.74, 6) is 0.743. The highest BCUT2D eigenvalue weighted by atomic mass is 14.3. The lowest BCUT2D eigenvalue weighted by molar-refractivity contribution is 0.399. The Morgan fingerprint density at radius 1 is 0.824 bits per heavy atom. The van der Waals surface area contributed by atoms with Gasteiger partial charge in [-0.25, -0.2) is 0 Å². The van der Waals surface area contributed by atoms with Crippen molar-refractivity contribution in [2.24, 2.45) is 5.92 Å². The maximum Gasteiger partial charge on any atom is -0.0101 e. The summed E-state index contributed by atoms with van der Waals surface area (Å²) in [5.41, 5.74) is 3.41. The third-order valence-electron chi connectivity index (χ3n) is 3.45. The second-order valence-electron chi connectivity index (χ2n) is 7.31. The Morgan fingerprint density at radius 3 is 1.59 bits per heavy atom. The van der Waals surface area contributed by atoms with Crippen LogP contribution in [0.15, 0.2) is 24.3 Å². The van der Waals surface area contributed by atoms with E-state index in [-0.39, 0.29) is 10.8 Å². The van der Waals surface area contributed by atoms with Gasteiger partial charge in [0.25, 0.3) is 0 Å². The summed E-state index contributed by atoms with van der Waals surface area (Å²) in [5, 5.41) is 0. The van der Waals surface area contributed by atoms with Crippen molar-refractivity contribution in [3.63, 3.8) is 0 Å². The molecule has 0 aliphatic heterocycles. The van der Waals surface area contributed by atoms with Crippen molar-refractivity contribution >= 4 is 0 Å². The maximum absolute atomic E-state index is 2.35. The molecule has 0 unspecified atom stereocenters. The standard InChI is InChI=1S/C17H28/c1-13(2)12-17(6,7)15-10-8-14(9-11-15)16(3,4)5/h8-11,13H,12H2,1-7H3. The van der Waals surface area contributed by atoms with E-state index in [0.29, 0.717) is 0 Å². The predicted molar refractivity (Wildman–Crippen MR) is 77.6 cm³/mol. The molecule has 1 aromatic carbocycles. The summed E-state index contributed by atoms with van der Waals surface area (Å²) in [4.78, 5) is 0. The zero-order valence-electron chi connectivity index (χ0n) is 12.6. The summed E-state index contributed by atoms with van der Waals surface area (Å²) in [6, 6.07) is 9.20. The molecule has 0 heterocycles. The number of rotatable bonds is 3. The van der Waals surface area contributed by atoms with Gasteiger partial charge >= 0.3 is 0 Å². The zero-order chi connectivity index (χ0) is 13.3. The summed E-state index contributed by atoms with van der Waals surface area (Å²) in [6.45, 7) is 16.1. The summed E-state index contributed by atoms with van der Waals surface area (Å²) in [7, 11) is 0. The van der Waals surface area contributed by atoms with Gasteiger partial charge in [0.1, 0.15) is 0 Å². The Morgan fingerprint density at radius 2 is 1.24 bits per heavy atom. The van der Waals surface area contributed by atoms with Crippen LogP contribution in [-0.2, 0) is 10.8 Å². The molecule has 1 rings (SSSR count). The van der Waals surface area contributed by atoms with Gasteiger partial charge in [-0.1, -0.05) is 72.7 Å². The van der Waals surface area contributed by atoms with Gasteiger partial charge in [-0.15, -0.1) is 0 Å². The van der Waals surface area contributed by atoms with E-state index in [1.165, 1.54) is 17.5 Å². The van der Waals surface area contributed by atoms with E-state index in [9.17, 15) is 0 Å². The largest absolute Gasteiger partial charge is 0.0627 e. The SMILES string of the molecule is CC(C)CC(C)(C)c1ccc(C(C)(C)C)cc1. The van der Waals surface area contributed by atoms with Crippen LogP contribution in [-0.4, -0.2) is 0 Å². The average Bonchev–Trinajstić information content (AvgIpc) is 2.14. The van der Waals surface area contributed by atoms with E-state index in [2.05, 4.69) is 72.7 Å². The van der Waals surface area contributed by atoms with E-state index in [1.807, 2.05) is 0 Å². The van der Waals surface area contributed by atoms with E-state index in [4.69, 9.17) is 0 Å². The molecule has 17 heavy (non-hydrogen) atoms. The third-order valence-corrected chi connectivity index (χ3v) is 3.45. The summed E-state index contributed by atoms with van der Waals surface area (Å²) in [6.07, 6.45) is 1.24. The first-order chi connectivity index (χ1) is 7.63. The van der Waals surface area contributed by atoms with Crippen LogP contribution in [0.25, 0.3) is 0 Å². The van der Waals surface area contributed by atoms with Crippen molar-refractivity contribution in [1.82, 2.24) is 0 Å². The number of benzene rings is 1. The molecule has 0 N–H and O–H groups in total. The Labute approximate surface area is 107 Å². The Bertz CT molecular complexity index is 347. The molecule has 0 bridgehead atoms. The fraction of sp³-hybridized carbons (Fsp3) is 0.647. The number of hydrogen-bond donors (Lipinski definition) is 0. The van der Waals surface area contributed by atoms with Crippen molar-refractivity contribution < 1.29 is 0 Å². The molecule has 0 aliphatic carbocycles. The van der Waals surface area contributed by atoms with Gasteiger partial charge in [0.15, 0.2) is 0 Å². The molecule has 0 spiro atoms. The van der Waals surface area contributed by atoms with Crippen LogP contribution in [0.2, 0.25) is 0 Å². The van der Waals surface area contributed by atoms with Gasteiger partial charge in [-0.3, -0.25) is 0 Å². The second kappa shape index (κ2) is 4.84. The van der Waals surface area contributed by atoms with E-state index < -0.39 is 0 Å². The maximum atomic E-state index is 2.35. The fourth-order valence-electron chi connectivity index (χ4n) is 2.56. The Balaban J connectivity index is 2.94. The highest BCUT2D eigenvalue weighted by Crippen LogP contribution is 2.32. The fourth-order valence-corrected chi connectivity index (χ4v) is 2.56. The molecule has 0 atom stereocenters. The quantitative estimate of drug-likeness (QED) is 0.662. The summed E-state index contributed by atoms with van der Waals surface area (Å²) >= 11 is 0. The lowest BCUT2D eigenvalue weighted by Gasteiger charge is -2.28. The van der Waals surface area contributed by atoms with Crippen molar-refractivity contribution in [3.05, 3.63) is 35.4 Å². The minimum Gasteiger partial charge on any atom is -0.0627 e. The highest BCUT2D eigenvalue weighted by Gasteiger charge is 2.22. The van der Waals surface area contributed by atoms with Crippen LogP contribution in [0.3, 0.4) is 0 Å². The molecule has 96 valence electrons. The molecule has 0 saturated carbocycles. The molecular formula is C17H28. The molecule has 0 aromatic heterocycles. The van der Waals surface area contributed by atoms with E-state index >= 15 is 0 Å². The molecule has 0 saturated heterocycles. The summed E-state index contributed by atoms with van der Waals surface area (Å²) < 4.78 is 0. The number of hydrogen-bond acceptors (Lipinski definition) is 0. The molecule has 0 fully saturated rings. The van der Waals surface area contributed by atoms with Crippen molar-refractivity contribution in [2.75, 3.05) is 0 Å². The van der Waals surface area contributed by atoms with Crippen LogP contribution in [0.4, 0.5) is 0 Å². The van der Waals surface area contributed by atoms with Gasteiger partial charge in [0, 0.05) is 0 Å². The van der Waals surface area contributed by atoms with Crippen LogP contribution in [0, 0.1) is 5.92 Å². The molecular weight excluding hydrogens is 204 g/mol. The second-order valence-corrected chi connectivity index (χ2v) is 7.31. The molecule has 0 aliphatic rings.